The average molecular weight is 476 g/mol. The van der Waals surface area contributed by atoms with Crippen LogP contribution in [0.5, 0.6) is 0 Å². The quantitative estimate of drug-likeness (QED) is 0.646. The van der Waals surface area contributed by atoms with E-state index in [-0.39, 0.29) is 22.8 Å². The van der Waals surface area contributed by atoms with Crippen molar-refractivity contribution in [1.29, 1.82) is 0 Å². The van der Waals surface area contributed by atoms with E-state index < -0.39 is 10.0 Å². The molecule has 1 aromatic carbocycles. The normalized spacial score (nSPS) is 21.0. The van der Waals surface area contributed by atoms with Crippen molar-refractivity contribution < 1.29 is 13.2 Å². The molecule has 172 valence electrons. The fraction of sp³-hybridized carbons (Fsp3) is 0.500. The second-order valence-corrected chi connectivity index (χ2v) is 11.2. The molecule has 0 radical (unpaired) electrons. The second-order valence-electron chi connectivity index (χ2n) is 8.86. The smallest absolute Gasteiger partial charge is 0.255 e. The Morgan fingerprint density at radius 3 is 2.34 bits per heavy atom. The zero-order chi connectivity index (χ0) is 22.9. The van der Waals surface area contributed by atoms with Crippen molar-refractivity contribution in [2.45, 2.75) is 62.8 Å². The highest BCUT2D eigenvalue weighted by Gasteiger charge is 2.33. The number of rotatable bonds is 4. The Labute approximate surface area is 195 Å². The number of piperidine rings is 2. The van der Waals surface area contributed by atoms with Gasteiger partial charge in [-0.25, -0.2) is 8.42 Å². The number of nitrogens with zero attached hydrogens (tertiary/aromatic N) is 3. The van der Waals surface area contributed by atoms with Crippen LogP contribution in [0.15, 0.2) is 41.3 Å². The SMILES string of the molecule is Cc1ccc(C(=O)N2CCCCC2C)c(C2CCN(S(=O)(=O)c3ccc(Cl)cc3)CC2)n1. The third-order valence-corrected chi connectivity index (χ3v) is 8.82. The number of amides is 1. The molecule has 8 heteroatoms. The number of carbonyl (C=O) groups is 1. The molecule has 1 aromatic heterocycles. The molecule has 4 rings (SSSR count). The zero-order valence-corrected chi connectivity index (χ0v) is 20.2. The lowest BCUT2D eigenvalue weighted by Gasteiger charge is -2.35. The molecule has 1 amide bonds. The maximum absolute atomic E-state index is 13.4. The van der Waals surface area contributed by atoms with E-state index in [0.717, 1.165) is 37.2 Å². The molecule has 1 atom stereocenters. The lowest BCUT2D eigenvalue weighted by molar-refractivity contribution is 0.0632. The summed E-state index contributed by atoms with van der Waals surface area (Å²) in [5, 5.41) is 0.508. The number of aromatic nitrogens is 1. The molecule has 0 aliphatic carbocycles. The Kier molecular flexibility index (Phi) is 6.89. The molecule has 2 aromatic rings. The van der Waals surface area contributed by atoms with E-state index >= 15 is 0 Å². The highest BCUT2D eigenvalue weighted by molar-refractivity contribution is 7.89. The molecule has 2 saturated heterocycles. The summed E-state index contributed by atoms with van der Waals surface area (Å²) in [6, 6.07) is 10.3. The van der Waals surface area contributed by atoms with Crippen molar-refractivity contribution in [3.05, 3.63) is 58.4 Å². The number of hydrogen-bond acceptors (Lipinski definition) is 4. The van der Waals surface area contributed by atoms with Gasteiger partial charge in [-0.2, -0.15) is 4.31 Å². The van der Waals surface area contributed by atoms with Gasteiger partial charge in [0.2, 0.25) is 10.0 Å². The summed E-state index contributed by atoms with van der Waals surface area (Å²) >= 11 is 5.91. The predicted octanol–water partition coefficient (Wildman–Crippen LogP) is 4.63. The first-order valence-electron chi connectivity index (χ1n) is 11.3. The summed E-state index contributed by atoms with van der Waals surface area (Å²) in [6.07, 6.45) is 4.50. The van der Waals surface area contributed by atoms with Gasteiger partial charge in [0.1, 0.15) is 0 Å². The van der Waals surface area contributed by atoms with Gasteiger partial charge in [-0.05, 0) is 82.3 Å². The third kappa shape index (κ3) is 4.70. The van der Waals surface area contributed by atoms with Crippen LogP contribution in [-0.4, -0.2) is 54.2 Å². The number of carbonyl (C=O) groups excluding carboxylic acids is 1. The molecule has 2 fully saturated rings. The maximum atomic E-state index is 13.4. The Hall–Kier alpha value is -1.96. The van der Waals surface area contributed by atoms with Crippen LogP contribution >= 0.6 is 11.6 Å². The summed E-state index contributed by atoms with van der Waals surface area (Å²) in [6.45, 7) is 5.63. The summed E-state index contributed by atoms with van der Waals surface area (Å²) in [5.74, 6) is 0.113. The van der Waals surface area contributed by atoms with Crippen molar-refractivity contribution in [1.82, 2.24) is 14.2 Å². The van der Waals surface area contributed by atoms with E-state index in [2.05, 4.69) is 6.92 Å². The molecule has 0 N–H and O–H groups in total. The summed E-state index contributed by atoms with van der Waals surface area (Å²) in [7, 11) is -3.56. The number of likely N-dealkylation sites (tertiary alicyclic amines) is 1. The average Bonchev–Trinajstić information content (AvgIpc) is 2.79. The van der Waals surface area contributed by atoms with E-state index in [0.29, 0.717) is 36.5 Å². The zero-order valence-electron chi connectivity index (χ0n) is 18.6. The van der Waals surface area contributed by atoms with Crippen LogP contribution < -0.4 is 0 Å². The van der Waals surface area contributed by atoms with Gasteiger partial charge in [-0.15, -0.1) is 0 Å². The van der Waals surface area contributed by atoms with Gasteiger partial charge < -0.3 is 4.90 Å². The Balaban J connectivity index is 1.53. The van der Waals surface area contributed by atoms with E-state index in [1.165, 1.54) is 4.31 Å². The number of sulfonamides is 1. The molecule has 6 nitrogen and oxygen atoms in total. The molecule has 2 aliphatic heterocycles. The molecular weight excluding hydrogens is 446 g/mol. The number of pyridine rings is 1. The van der Waals surface area contributed by atoms with Crippen molar-refractivity contribution >= 4 is 27.5 Å². The minimum atomic E-state index is -3.56. The van der Waals surface area contributed by atoms with Crippen LogP contribution in [0.3, 0.4) is 0 Å². The summed E-state index contributed by atoms with van der Waals surface area (Å²) in [4.78, 5) is 20.4. The van der Waals surface area contributed by atoms with Crippen molar-refractivity contribution in [2.75, 3.05) is 19.6 Å². The van der Waals surface area contributed by atoms with Crippen LogP contribution in [0.1, 0.15) is 66.7 Å². The molecule has 0 saturated carbocycles. The summed E-state index contributed by atoms with van der Waals surface area (Å²) in [5.41, 5.74) is 2.36. The maximum Gasteiger partial charge on any atom is 0.255 e. The van der Waals surface area contributed by atoms with Crippen LogP contribution in [0.2, 0.25) is 5.02 Å². The molecule has 0 bridgehead atoms. The van der Waals surface area contributed by atoms with E-state index in [9.17, 15) is 13.2 Å². The first-order chi connectivity index (χ1) is 15.3. The topological polar surface area (TPSA) is 70.6 Å². The van der Waals surface area contributed by atoms with Gasteiger partial charge >= 0.3 is 0 Å². The van der Waals surface area contributed by atoms with Gasteiger partial charge in [0.25, 0.3) is 5.91 Å². The van der Waals surface area contributed by atoms with Crippen molar-refractivity contribution in [3.8, 4) is 0 Å². The molecule has 2 aliphatic rings. The summed E-state index contributed by atoms with van der Waals surface area (Å²) < 4.78 is 27.6. The molecule has 32 heavy (non-hydrogen) atoms. The Bertz CT molecular complexity index is 1080. The molecular formula is C24H30ClN3O3S. The van der Waals surface area contributed by atoms with Crippen LogP contribution in [-0.2, 0) is 10.0 Å². The highest BCUT2D eigenvalue weighted by atomic mass is 35.5. The fourth-order valence-electron chi connectivity index (χ4n) is 4.75. The van der Waals surface area contributed by atoms with Crippen molar-refractivity contribution in [2.24, 2.45) is 0 Å². The predicted molar refractivity (Wildman–Crippen MR) is 126 cm³/mol. The third-order valence-electron chi connectivity index (χ3n) is 6.65. The monoisotopic (exact) mass is 475 g/mol. The van der Waals surface area contributed by atoms with E-state index in [1.807, 2.05) is 24.0 Å². The first-order valence-corrected chi connectivity index (χ1v) is 13.1. The highest BCUT2D eigenvalue weighted by Crippen LogP contribution is 2.33. The lowest BCUT2D eigenvalue weighted by atomic mass is 9.90. The number of benzene rings is 1. The van der Waals surface area contributed by atoms with Crippen LogP contribution in [0.4, 0.5) is 0 Å². The second kappa shape index (κ2) is 9.49. The van der Waals surface area contributed by atoms with Gasteiger partial charge in [-0.1, -0.05) is 11.6 Å². The van der Waals surface area contributed by atoms with Crippen LogP contribution in [0.25, 0.3) is 0 Å². The van der Waals surface area contributed by atoms with Crippen molar-refractivity contribution in [3.63, 3.8) is 0 Å². The Morgan fingerprint density at radius 2 is 1.69 bits per heavy atom. The molecule has 0 spiro atoms. The van der Waals surface area contributed by atoms with Gasteiger partial charge in [0, 0.05) is 42.3 Å². The molecule has 3 heterocycles. The van der Waals surface area contributed by atoms with E-state index in [1.54, 1.807) is 24.3 Å². The number of hydrogen-bond donors (Lipinski definition) is 0. The Morgan fingerprint density at radius 1 is 1.00 bits per heavy atom. The minimum Gasteiger partial charge on any atom is -0.336 e. The van der Waals surface area contributed by atoms with Gasteiger partial charge in [-0.3, -0.25) is 9.78 Å². The number of halogens is 1. The first kappa shape index (κ1) is 23.2. The fourth-order valence-corrected chi connectivity index (χ4v) is 6.34. The lowest BCUT2D eigenvalue weighted by Crippen LogP contribution is -2.43. The largest absolute Gasteiger partial charge is 0.336 e. The number of aryl methyl sites for hydroxylation is 1. The van der Waals surface area contributed by atoms with E-state index in [4.69, 9.17) is 16.6 Å². The van der Waals surface area contributed by atoms with Gasteiger partial charge in [0.05, 0.1) is 16.2 Å². The molecule has 1 unspecified atom stereocenters. The van der Waals surface area contributed by atoms with Crippen LogP contribution in [0, 0.1) is 6.92 Å². The standard InChI is InChI=1S/C24H30ClN3O3S/c1-17-6-11-22(24(29)28-14-4-3-5-18(28)2)23(26-17)19-12-15-27(16-13-19)32(30,31)21-9-7-20(25)8-10-21/h6-11,18-19H,3-5,12-16H2,1-2H3. The minimum absolute atomic E-state index is 0.0518. The van der Waals surface area contributed by atoms with Gasteiger partial charge in [0.15, 0.2) is 0 Å².